The number of hydrogen-bond donors (Lipinski definition) is 4. The van der Waals surface area contributed by atoms with Crippen LogP contribution in [0.2, 0.25) is 10.0 Å². The van der Waals surface area contributed by atoms with E-state index in [0.29, 0.717) is 41.6 Å². The zero-order chi connectivity index (χ0) is 18.1. The molecule has 134 valence electrons. The molecule has 0 aliphatic carbocycles. The summed E-state index contributed by atoms with van der Waals surface area (Å²) in [5.41, 5.74) is 10.2. The van der Waals surface area contributed by atoms with Gasteiger partial charge in [0.05, 0.1) is 0 Å². The molecule has 0 radical (unpaired) electrons. The molecule has 1 aromatic carbocycles. The molecule has 1 aromatic rings. The third-order valence-electron chi connectivity index (χ3n) is 3.29. The van der Waals surface area contributed by atoms with Crippen LogP contribution in [0.1, 0.15) is 26.2 Å². The minimum Gasteiger partial charge on any atom is -0.490 e. The Morgan fingerprint density at radius 1 is 1.17 bits per heavy atom. The molecule has 0 aromatic heterocycles. The lowest BCUT2D eigenvalue weighted by atomic mass is 10.0. The van der Waals surface area contributed by atoms with Crippen molar-refractivity contribution in [1.29, 1.82) is 0 Å². The average Bonchev–Trinajstić information content (AvgIpc) is 2.44. The lowest BCUT2D eigenvalue weighted by Gasteiger charge is -2.24. The maximum atomic E-state index is 11.1. The van der Waals surface area contributed by atoms with Gasteiger partial charge in [-0.2, -0.15) is 0 Å². The Labute approximate surface area is 151 Å². The molecule has 0 saturated carbocycles. The van der Waals surface area contributed by atoms with Crippen molar-refractivity contribution in [2.45, 2.75) is 38.3 Å². The third kappa shape index (κ3) is 8.12. The number of nitrogens with two attached hydrogens (primary N) is 2. The lowest BCUT2D eigenvalue weighted by Crippen LogP contribution is -2.42. The van der Waals surface area contributed by atoms with Crippen LogP contribution in [-0.2, 0) is 0 Å². The molecule has 0 saturated heterocycles. The molecular weight excluding hydrogens is 355 g/mol. The second kappa shape index (κ2) is 10.1. The summed E-state index contributed by atoms with van der Waals surface area (Å²) in [6.07, 6.45) is 1.37. The maximum Gasteiger partial charge on any atom is 0.312 e. The molecule has 7 nitrogen and oxygen atoms in total. The van der Waals surface area contributed by atoms with Gasteiger partial charge in [0.2, 0.25) is 0 Å². The molecule has 2 atom stereocenters. The Kier molecular flexibility index (Phi) is 8.49. The fourth-order valence-electron chi connectivity index (χ4n) is 2.22. The summed E-state index contributed by atoms with van der Waals surface area (Å²) >= 11 is 11.9. The van der Waals surface area contributed by atoms with Crippen LogP contribution in [0.15, 0.2) is 18.2 Å². The highest BCUT2D eigenvalue weighted by molar-refractivity contribution is 6.34. The number of rotatable bonds is 9. The zero-order valence-corrected chi connectivity index (χ0v) is 14.9. The maximum absolute atomic E-state index is 11.1. The van der Waals surface area contributed by atoms with E-state index < -0.39 is 12.1 Å². The van der Waals surface area contributed by atoms with Crippen LogP contribution in [0.5, 0.6) is 5.75 Å². The number of carbonyl (C=O) groups is 2. The molecule has 0 aliphatic heterocycles. The summed E-state index contributed by atoms with van der Waals surface area (Å²) in [5, 5.41) is 6.08. The van der Waals surface area contributed by atoms with Crippen LogP contribution in [0.25, 0.3) is 0 Å². The van der Waals surface area contributed by atoms with E-state index in [1.807, 2.05) is 6.92 Å². The lowest BCUT2D eigenvalue weighted by molar-refractivity contribution is 0.164. The van der Waals surface area contributed by atoms with Crippen molar-refractivity contribution >= 4 is 35.3 Å². The number of halogens is 2. The third-order valence-corrected chi connectivity index (χ3v) is 3.73. The Hall–Kier alpha value is -1.86. The van der Waals surface area contributed by atoms with E-state index in [1.54, 1.807) is 18.2 Å². The molecule has 0 spiro atoms. The van der Waals surface area contributed by atoms with Gasteiger partial charge < -0.3 is 26.8 Å². The van der Waals surface area contributed by atoms with Crippen molar-refractivity contribution in [3.8, 4) is 5.75 Å². The smallest absolute Gasteiger partial charge is 0.312 e. The standard InChI is InChI=1S/C15H22Cl2N4O3/c1-2-11(21-15(19)23)8-12(3-4-20-14(18)22)24-13-6-9(16)5-10(17)7-13/h5-7,11-12H,2-4,8H2,1H3,(H3,18,20,22)(H3,19,21,23). The number of urea groups is 2. The van der Waals surface area contributed by atoms with Crippen molar-refractivity contribution in [1.82, 2.24) is 10.6 Å². The summed E-state index contributed by atoms with van der Waals surface area (Å²) in [7, 11) is 0. The predicted molar refractivity (Wildman–Crippen MR) is 94.5 cm³/mol. The van der Waals surface area contributed by atoms with Gasteiger partial charge in [0.15, 0.2) is 0 Å². The molecule has 24 heavy (non-hydrogen) atoms. The Morgan fingerprint density at radius 3 is 2.29 bits per heavy atom. The first-order valence-corrected chi connectivity index (χ1v) is 8.27. The van der Waals surface area contributed by atoms with Gasteiger partial charge in [-0.05, 0) is 24.6 Å². The highest BCUT2D eigenvalue weighted by atomic mass is 35.5. The van der Waals surface area contributed by atoms with Crippen molar-refractivity contribution in [2.24, 2.45) is 11.5 Å². The van der Waals surface area contributed by atoms with E-state index in [2.05, 4.69) is 10.6 Å². The summed E-state index contributed by atoms with van der Waals surface area (Å²) in [4.78, 5) is 21.9. The summed E-state index contributed by atoms with van der Waals surface area (Å²) in [6, 6.07) is 3.53. The van der Waals surface area contributed by atoms with Crippen molar-refractivity contribution < 1.29 is 14.3 Å². The van der Waals surface area contributed by atoms with Gasteiger partial charge in [-0.1, -0.05) is 30.1 Å². The van der Waals surface area contributed by atoms with Crippen LogP contribution in [0.4, 0.5) is 9.59 Å². The number of ether oxygens (including phenoxy) is 1. The van der Waals surface area contributed by atoms with Crippen LogP contribution < -0.4 is 26.8 Å². The Morgan fingerprint density at radius 2 is 1.79 bits per heavy atom. The molecular formula is C15H22Cl2N4O3. The van der Waals surface area contributed by atoms with Crippen molar-refractivity contribution in [3.05, 3.63) is 28.2 Å². The molecule has 6 N–H and O–H groups in total. The Balaban J connectivity index is 2.78. The molecule has 0 heterocycles. The SMILES string of the molecule is CCC(CC(CCNC(N)=O)Oc1cc(Cl)cc(Cl)c1)NC(N)=O. The predicted octanol–water partition coefficient (Wildman–Crippen LogP) is 2.64. The monoisotopic (exact) mass is 376 g/mol. The van der Waals surface area contributed by atoms with Gasteiger partial charge in [0.25, 0.3) is 0 Å². The second-order valence-corrected chi connectivity index (χ2v) is 6.15. The quantitative estimate of drug-likeness (QED) is 0.530. The fraction of sp³-hybridized carbons (Fsp3) is 0.467. The molecule has 4 amide bonds. The van der Waals surface area contributed by atoms with Gasteiger partial charge in [0.1, 0.15) is 11.9 Å². The van der Waals surface area contributed by atoms with E-state index in [1.165, 1.54) is 0 Å². The topological polar surface area (TPSA) is 119 Å². The number of hydrogen-bond acceptors (Lipinski definition) is 3. The minimum absolute atomic E-state index is 0.157. The first-order chi connectivity index (χ1) is 11.3. The van der Waals surface area contributed by atoms with E-state index in [0.717, 1.165) is 0 Å². The first kappa shape index (κ1) is 20.2. The summed E-state index contributed by atoms with van der Waals surface area (Å²) in [5.74, 6) is 0.505. The number of benzene rings is 1. The minimum atomic E-state index is -0.609. The van der Waals surface area contributed by atoms with Gasteiger partial charge in [0, 0.05) is 35.5 Å². The molecule has 9 heteroatoms. The first-order valence-electron chi connectivity index (χ1n) is 7.52. The highest BCUT2D eigenvalue weighted by Gasteiger charge is 2.18. The largest absolute Gasteiger partial charge is 0.490 e. The number of amides is 4. The number of nitrogens with one attached hydrogen (secondary N) is 2. The number of primary amides is 2. The van der Waals surface area contributed by atoms with E-state index >= 15 is 0 Å². The second-order valence-electron chi connectivity index (χ2n) is 5.27. The van der Waals surface area contributed by atoms with Crippen LogP contribution in [0.3, 0.4) is 0 Å². The van der Waals surface area contributed by atoms with Crippen LogP contribution in [0, 0.1) is 0 Å². The summed E-state index contributed by atoms with van der Waals surface area (Å²) < 4.78 is 5.92. The Bertz CT molecular complexity index is 551. The summed E-state index contributed by atoms with van der Waals surface area (Å²) in [6.45, 7) is 2.26. The zero-order valence-electron chi connectivity index (χ0n) is 13.4. The molecule has 0 aliphatic rings. The van der Waals surface area contributed by atoms with E-state index in [4.69, 9.17) is 39.4 Å². The average molecular weight is 377 g/mol. The normalized spacial score (nSPS) is 13.0. The molecule has 0 bridgehead atoms. The van der Waals surface area contributed by atoms with Gasteiger partial charge in [-0.15, -0.1) is 0 Å². The van der Waals surface area contributed by atoms with Crippen LogP contribution >= 0.6 is 23.2 Å². The van der Waals surface area contributed by atoms with E-state index in [-0.39, 0.29) is 12.1 Å². The van der Waals surface area contributed by atoms with Crippen molar-refractivity contribution in [3.63, 3.8) is 0 Å². The number of carbonyl (C=O) groups excluding carboxylic acids is 2. The van der Waals surface area contributed by atoms with Gasteiger partial charge >= 0.3 is 12.1 Å². The van der Waals surface area contributed by atoms with Gasteiger partial charge in [-0.3, -0.25) is 0 Å². The molecule has 2 unspecified atom stereocenters. The van der Waals surface area contributed by atoms with E-state index in [9.17, 15) is 9.59 Å². The fourth-order valence-corrected chi connectivity index (χ4v) is 2.72. The highest BCUT2D eigenvalue weighted by Crippen LogP contribution is 2.26. The van der Waals surface area contributed by atoms with Gasteiger partial charge in [-0.25, -0.2) is 9.59 Å². The molecule has 0 fully saturated rings. The van der Waals surface area contributed by atoms with Crippen molar-refractivity contribution in [2.75, 3.05) is 6.54 Å². The molecule has 1 rings (SSSR count). The van der Waals surface area contributed by atoms with Crippen LogP contribution in [-0.4, -0.2) is 30.8 Å².